The van der Waals surface area contributed by atoms with Crippen molar-refractivity contribution in [1.82, 2.24) is 19.9 Å². The van der Waals surface area contributed by atoms with Gasteiger partial charge in [-0.2, -0.15) is 0 Å². The largest absolute Gasteiger partial charge is 0.335 e. The second-order valence-corrected chi connectivity index (χ2v) is 8.56. The number of para-hydroxylation sites is 1. The molecule has 11 heteroatoms. The van der Waals surface area contributed by atoms with Crippen LogP contribution in [-0.2, 0) is 10.5 Å². The van der Waals surface area contributed by atoms with E-state index in [1.165, 1.54) is 45.7 Å². The molecule has 0 bridgehead atoms. The number of thioether (sulfide) groups is 1. The molecular weight excluding hydrogens is 459 g/mol. The van der Waals surface area contributed by atoms with E-state index >= 15 is 0 Å². The van der Waals surface area contributed by atoms with Crippen LogP contribution in [-0.4, -0.2) is 25.8 Å². The standard InChI is InChI=1S/C20H16ClFN6OS2/c1-12(29)27(17-9-5-4-8-16(17)22)19-24-13(10-30-19)11-31-20-26-25-18(28(20)23)14-6-2-3-7-15(14)21/h2-10H,11,23H2,1H3. The summed E-state index contributed by atoms with van der Waals surface area (Å²) in [6.45, 7) is 1.37. The topological polar surface area (TPSA) is 89.9 Å². The molecule has 0 saturated carbocycles. The molecular formula is C20H16ClFN6OS2. The fraction of sp³-hybridized carbons (Fsp3) is 0.100. The fourth-order valence-corrected chi connectivity index (χ4v) is 4.80. The Bertz CT molecular complexity index is 1240. The van der Waals surface area contributed by atoms with Crippen molar-refractivity contribution in [2.45, 2.75) is 17.8 Å². The van der Waals surface area contributed by atoms with Crippen LogP contribution < -0.4 is 10.7 Å². The monoisotopic (exact) mass is 474 g/mol. The van der Waals surface area contributed by atoms with Crippen LogP contribution >= 0.6 is 34.7 Å². The van der Waals surface area contributed by atoms with Crippen molar-refractivity contribution in [1.29, 1.82) is 0 Å². The van der Waals surface area contributed by atoms with Crippen LogP contribution in [0.4, 0.5) is 15.2 Å². The molecule has 4 aromatic rings. The quantitative estimate of drug-likeness (QED) is 0.316. The smallest absolute Gasteiger partial charge is 0.230 e. The van der Waals surface area contributed by atoms with E-state index in [0.29, 0.717) is 38.1 Å². The van der Waals surface area contributed by atoms with Gasteiger partial charge in [0.1, 0.15) is 5.82 Å². The molecule has 2 N–H and O–H groups in total. The van der Waals surface area contributed by atoms with Crippen molar-refractivity contribution < 1.29 is 9.18 Å². The minimum atomic E-state index is -0.493. The predicted octanol–water partition coefficient (Wildman–Crippen LogP) is 4.88. The number of hydrogen-bond acceptors (Lipinski definition) is 7. The number of rotatable bonds is 6. The lowest BCUT2D eigenvalue weighted by molar-refractivity contribution is -0.115. The summed E-state index contributed by atoms with van der Waals surface area (Å²) < 4.78 is 15.6. The van der Waals surface area contributed by atoms with Gasteiger partial charge in [-0.15, -0.1) is 21.5 Å². The Morgan fingerprint density at radius 3 is 2.71 bits per heavy atom. The van der Waals surface area contributed by atoms with Crippen LogP contribution in [0.3, 0.4) is 0 Å². The van der Waals surface area contributed by atoms with Gasteiger partial charge in [-0.3, -0.25) is 9.69 Å². The minimum absolute atomic E-state index is 0.162. The van der Waals surface area contributed by atoms with E-state index in [1.54, 1.807) is 24.3 Å². The molecule has 158 valence electrons. The van der Waals surface area contributed by atoms with Crippen LogP contribution in [0.25, 0.3) is 11.4 Å². The summed E-state index contributed by atoms with van der Waals surface area (Å²) in [6, 6.07) is 13.3. The first-order chi connectivity index (χ1) is 15.0. The van der Waals surface area contributed by atoms with Crippen molar-refractivity contribution in [2.24, 2.45) is 0 Å². The lowest BCUT2D eigenvalue weighted by atomic mass is 10.2. The number of anilines is 2. The van der Waals surface area contributed by atoms with Crippen LogP contribution in [0.2, 0.25) is 5.02 Å². The molecule has 0 aliphatic rings. The first-order valence-corrected chi connectivity index (χ1v) is 11.3. The average molecular weight is 475 g/mol. The van der Waals surface area contributed by atoms with Crippen molar-refractivity contribution in [3.05, 3.63) is 70.4 Å². The Balaban J connectivity index is 1.52. The van der Waals surface area contributed by atoms with E-state index in [4.69, 9.17) is 17.4 Å². The normalized spacial score (nSPS) is 10.9. The van der Waals surface area contributed by atoms with E-state index in [1.807, 2.05) is 23.6 Å². The number of nitrogens with zero attached hydrogens (tertiary/aromatic N) is 5. The molecule has 2 aromatic carbocycles. The number of aromatic nitrogens is 4. The number of thiazole rings is 1. The molecule has 0 radical (unpaired) electrons. The summed E-state index contributed by atoms with van der Waals surface area (Å²) in [6.07, 6.45) is 0. The van der Waals surface area contributed by atoms with Crippen LogP contribution in [0, 0.1) is 5.82 Å². The van der Waals surface area contributed by atoms with E-state index < -0.39 is 5.82 Å². The highest BCUT2D eigenvalue weighted by Gasteiger charge is 2.21. The van der Waals surface area contributed by atoms with Gasteiger partial charge < -0.3 is 5.84 Å². The Hall–Kier alpha value is -2.95. The number of carbonyl (C=O) groups is 1. The van der Waals surface area contributed by atoms with Gasteiger partial charge in [0.25, 0.3) is 0 Å². The summed E-state index contributed by atoms with van der Waals surface area (Å²) in [7, 11) is 0. The minimum Gasteiger partial charge on any atom is -0.335 e. The fourth-order valence-electron chi connectivity index (χ4n) is 2.85. The van der Waals surface area contributed by atoms with E-state index in [2.05, 4.69) is 15.2 Å². The molecule has 0 saturated heterocycles. The molecule has 0 spiro atoms. The lowest BCUT2D eigenvalue weighted by Crippen LogP contribution is -2.23. The molecule has 2 heterocycles. The Morgan fingerprint density at radius 2 is 1.97 bits per heavy atom. The number of nitrogens with two attached hydrogens (primary N) is 1. The predicted molar refractivity (Wildman–Crippen MR) is 122 cm³/mol. The van der Waals surface area contributed by atoms with Crippen molar-refractivity contribution in [3.8, 4) is 11.4 Å². The Morgan fingerprint density at radius 1 is 1.23 bits per heavy atom. The number of halogens is 2. The highest BCUT2D eigenvalue weighted by Crippen LogP contribution is 2.33. The highest BCUT2D eigenvalue weighted by atomic mass is 35.5. The summed E-state index contributed by atoms with van der Waals surface area (Å²) in [5.74, 6) is 6.23. The molecule has 0 aliphatic carbocycles. The lowest BCUT2D eigenvalue weighted by Gasteiger charge is -2.18. The summed E-state index contributed by atoms with van der Waals surface area (Å²) >= 11 is 8.82. The zero-order chi connectivity index (χ0) is 22.0. The third kappa shape index (κ3) is 4.41. The average Bonchev–Trinajstić information content (AvgIpc) is 3.35. The van der Waals surface area contributed by atoms with Gasteiger partial charge in [0.05, 0.1) is 16.4 Å². The Kier molecular flexibility index (Phi) is 6.21. The van der Waals surface area contributed by atoms with Crippen LogP contribution in [0.5, 0.6) is 0 Å². The van der Waals surface area contributed by atoms with Crippen molar-refractivity contribution >= 4 is 51.4 Å². The number of hydrogen-bond donors (Lipinski definition) is 1. The highest BCUT2D eigenvalue weighted by molar-refractivity contribution is 7.98. The van der Waals surface area contributed by atoms with Gasteiger partial charge in [-0.05, 0) is 24.3 Å². The zero-order valence-corrected chi connectivity index (χ0v) is 18.6. The molecule has 7 nitrogen and oxygen atoms in total. The SMILES string of the molecule is CC(=O)N(c1nc(CSc2nnc(-c3ccccc3Cl)n2N)cs1)c1ccccc1F. The molecule has 0 fully saturated rings. The number of amides is 1. The molecule has 31 heavy (non-hydrogen) atoms. The Labute approximate surface area is 190 Å². The van der Waals surface area contributed by atoms with Gasteiger partial charge in [-0.25, -0.2) is 14.1 Å². The number of carbonyl (C=O) groups excluding carboxylic acids is 1. The molecule has 0 aliphatic heterocycles. The first kappa shape index (κ1) is 21.3. The molecule has 2 aromatic heterocycles. The van der Waals surface area contributed by atoms with Crippen molar-refractivity contribution in [2.75, 3.05) is 10.7 Å². The van der Waals surface area contributed by atoms with Gasteiger partial charge in [0.15, 0.2) is 11.0 Å². The van der Waals surface area contributed by atoms with Crippen LogP contribution in [0.15, 0.2) is 59.1 Å². The maximum Gasteiger partial charge on any atom is 0.230 e. The third-order valence-electron chi connectivity index (χ3n) is 4.27. The molecule has 4 rings (SSSR count). The summed E-state index contributed by atoms with van der Waals surface area (Å²) in [5.41, 5.74) is 1.55. The second kappa shape index (κ2) is 9.04. The second-order valence-electron chi connectivity index (χ2n) is 6.37. The summed E-state index contributed by atoms with van der Waals surface area (Å²) in [4.78, 5) is 17.9. The first-order valence-electron chi connectivity index (χ1n) is 9.03. The number of nitrogen functional groups attached to an aromatic ring is 1. The molecule has 0 atom stereocenters. The van der Waals surface area contributed by atoms with Gasteiger partial charge in [0.2, 0.25) is 11.1 Å². The number of benzene rings is 2. The van der Waals surface area contributed by atoms with Crippen molar-refractivity contribution in [3.63, 3.8) is 0 Å². The molecule has 0 unspecified atom stereocenters. The molecule has 1 amide bonds. The summed E-state index contributed by atoms with van der Waals surface area (Å²) in [5, 5.41) is 11.5. The third-order valence-corrected chi connectivity index (χ3v) is 6.45. The van der Waals surface area contributed by atoms with Gasteiger partial charge >= 0.3 is 0 Å². The van der Waals surface area contributed by atoms with E-state index in [9.17, 15) is 9.18 Å². The zero-order valence-electron chi connectivity index (χ0n) is 16.2. The van der Waals surface area contributed by atoms with E-state index in [-0.39, 0.29) is 11.6 Å². The van der Waals surface area contributed by atoms with Crippen LogP contribution in [0.1, 0.15) is 12.6 Å². The van der Waals surface area contributed by atoms with Gasteiger partial charge in [-0.1, -0.05) is 47.6 Å². The van der Waals surface area contributed by atoms with E-state index in [0.717, 1.165) is 0 Å². The van der Waals surface area contributed by atoms with Gasteiger partial charge in [0, 0.05) is 23.6 Å². The maximum absolute atomic E-state index is 14.2. The maximum atomic E-state index is 14.2.